The van der Waals surface area contributed by atoms with Crippen LogP contribution in [0.15, 0.2) is 18.2 Å². The summed E-state index contributed by atoms with van der Waals surface area (Å²) in [6.45, 7) is 5.63. The van der Waals surface area contributed by atoms with E-state index in [0.29, 0.717) is 15.6 Å². The Kier molecular flexibility index (Phi) is 4.22. The quantitative estimate of drug-likeness (QED) is 0.898. The van der Waals surface area contributed by atoms with Gasteiger partial charge in [0.05, 0.1) is 22.0 Å². The van der Waals surface area contributed by atoms with Gasteiger partial charge in [0.15, 0.2) is 0 Å². The van der Waals surface area contributed by atoms with Crippen molar-refractivity contribution in [3.63, 3.8) is 0 Å². The summed E-state index contributed by atoms with van der Waals surface area (Å²) in [5, 5.41) is 10.1. The van der Waals surface area contributed by atoms with Crippen LogP contribution in [0.4, 0.5) is 0 Å². The molecule has 114 valence electrons. The summed E-state index contributed by atoms with van der Waals surface area (Å²) in [5.41, 5.74) is 0.0785. The second-order valence-electron chi connectivity index (χ2n) is 6.17. The van der Waals surface area contributed by atoms with E-state index in [4.69, 9.17) is 23.2 Å². The van der Waals surface area contributed by atoms with Gasteiger partial charge in [-0.1, -0.05) is 35.3 Å². The maximum absolute atomic E-state index is 12.3. The molecule has 0 radical (unpaired) electrons. The third kappa shape index (κ3) is 2.87. The lowest BCUT2D eigenvalue weighted by molar-refractivity contribution is -0.142. The van der Waals surface area contributed by atoms with Gasteiger partial charge < -0.3 is 10.0 Å². The lowest BCUT2D eigenvalue weighted by Gasteiger charge is -2.38. The molecule has 1 saturated heterocycles. The van der Waals surface area contributed by atoms with Crippen molar-refractivity contribution in [3.8, 4) is 0 Å². The standard InChI is InChI=1S/C15H17Cl2NO3/c1-15(2,3)18-11(19)7-9(14(20)21)13(18)8-5-4-6-10(16)12(8)17/h4-6,9,13H,7H2,1-3H3,(H,20,21). The van der Waals surface area contributed by atoms with E-state index in [1.807, 2.05) is 20.8 Å². The van der Waals surface area contributed by atoms with Crippen molar-refractivity contribution >= 4 is 35.1 Å². The van der Waals surface area contributed by atoms with E-state index in [1.54, 1.807) is 23.1 Å². The minimum atomic E-state index is -1.00. The first kappa shape index (κ1) is 16.1. The molecule has 1 heterocycles. The highest BCUT2D eigenvalue weighted by Gasteiger charge is 2.49. The smallest absolute Gasteiger partial charge is 0.309 e. The van der Waals surface area contributed by atoms with Crippen molar-refractivity contribution in [2.45, 2.75) is 38.8 Å². The van der Waals surface area contributed by atoms with E-state index in [9.17, 15) is 14.7 Å². The SMILES string of the molecule is CC(C)(C)N1C(=O)CC(C(=O)O)C1c1cccc(Cl)c1Cl. The first-order valence-electron chi connectivity index (χ1n) is 6.63. The monoisotopic (exact) mass is 329 g/mol. The van der Waals surface area contributed by atoms with Gasteiger partial charge in [0.2, 0.25) is 5.91 Å². The number of hydrogen-bond donors (Lipinski definition) is 1. The predicted octanol–water partition coefficient (Wildman–Crippen LogP) is 3.77. The van der Waals surface area contributed by atoms with E-state index in [2.05, 4.69) is 0 Å². The highest BCUT2D eigenvalue weighted by Crippen LogP contribution is 2.45. The van der Waals surface area contributed by atoms with Crippen molar-refractivity contribution in [2.75, 3.05) is 0 Å². The van der Waals surface area contributed by atoms with Gasteiger partial charge in [-0.05, 0) is 32.4 Å². The molecule has 21 heavy (non-hydrogen) atoms. The van der Waals surface area contributed by atoms with Crippen molar-refractivity contribution in [1.29, 1.82) is 0 Å². The number of carbonyl (C=O) groups excluding carboxylic acids is 1. The van der Waals surface area contributed by atoms with Crippen LogP contribution >= 0.6 is 23.2 Å². The number of benzene rings is 1. The number of carbonyl (C=O) groups is 2. The molecule has 0 bridgehead atoms. The summed E-state index contributed by atoms with van der Waals surface area (Å²) in [5.74, 6) is -2.01. The van der Waals surface area contributed by atoms with Gasteiger partial charge in [-0.3, -0.25) is 9.59 Å². The third-order valence-corrected chi connectivity index (χ3v) is 4.50. The average molecular weight is 330 g/mol. The first-order chi connectivity index (χ1) is 9.64. The Bertz CT molecular complexity index is 595. The minimum absolute atomic E-state index is 0.0277. The Morgan fingerprint density at radius 1 is 1.33 bits per heavy atom. The van der Waals surface area contributed by atoms with Gasteiger partial charge >= 0.3 is 5.97 Å². The molecule has 6 heteroatoms. The lowest BCUT2D eigenvalue weighted by Crippen LogP contribution is -2.44. The highest BCUT2D eigenvalue weighted by molar-refractivity contribution is 6.42. The van der Waals surface area contributed by atoms with E-state index in [-0.39, 0.29) is 12.3 Å². The predicted molar refractivity (Wildman–Crippen MR) is 81.5 cm³/mol. The van der Waals surface area contributed by atoms with Gasteiger partial charge in [0, 0.05) is 12.0 Å². The summed E-state index contributed by atoms with van der Waals surface area (Å²) < 4.78 is 0. The first-order valence-corrected chi connectivity index (χ1v) is 7.39. The van der Waals surface area contributed by atoms with Crippen LogP contribution in [0.25, 0.3) is 0 Å². The molecule has 4 nitrogen and oxygen atoms in total. The van der Waals surface area contributed by atoms with Gasteiger partial charge in [0.25, 0.3) is 0 Å². The van der Waals surface area contributed by atoms with E-state index in [1.165, 1.54) is 0 Å². The van der Waals surface area contributed by atoms with Crippen molar-refractivity contribution in [1.82, 2.24) is 4.90 Å². The Balaban J connectivity index is 2.60. The number of rotatable bonds is 2. The third-order valence-electron chi connectivity index (χ3n) is 3.66. The number of hydrogen-bond acceptors (Lipinski definition) is 2. The molecule has 1 N–H and O–H groups in total. The molecular formula is C15H17Cl2NO3. The number of halogens is 2. The zero-order chi connectivity index (χ0) is 15.9. The Labute approximate surface area is 133 Å². The summed E-state index contributed by atoms with van der Waals surface area (Å²) in [7, 11) is 0. The zero-order valence-electron chi connectivity index (χ0n) is 12.1. The number of carboxylic acids is 1. The molecule has 0 aliphatic carbocycles. The van der Waals surface area contributed by atoms with Crippen LogP contribution in [0.3, 0.4) is 0 Å². The van der Waals surface area contributed by atoms with Gasteiger partial charge in [-0.2, -0.15) is 0 Å². The Hall–Kier alpha value is -1.26. The van der Waals surface area contributed by atoms with Crippen LogP contribution in [0.5, 0.6) is 0 Å². The van der Waals surface area contributed by atoms with Crippen molar-refractivity contribution in [3.05, 3.63) is 33.8 Å². The summed E-state index contributed by atoms with van der Waals surface area (Å²) in [6, 6.07) is 4.47. The lowest BCUT2D eigenvalue weighted by atomic mass is 9.91. The second kappa shape index (κ2) is 5.50. The topological polar surface area (TPSA) is 57.6 Å². The fourth-order valence-electron chi connectivity index (χ4n) is 2.85. The average Bonchev–Trinajstić information content (AvgIpc) is 2.70. The molecule has 1 amide bonds. The Morgan fingerprint density at radius 2 is 1.95 bits per heavy atom. The van der Waals surface area contributed by atoms with Gasteiger partial charge in [-0.15, -0.1) is 0 Å². The molecule has 1 aromatic rings. The minimum Gasteiger partial charge on any atom is -0.481 e. The molecule has 0 spiro atoms. The van der Waals surface area contributed by atoms with Crippen molar-refractivity contribution in [2.24, 2.45) is 5.92 Å². The van der Waals surface area contributed by atoms with Crippen molar-refractivity contribution < 1.29 is 14.7 Å². The molecule has 1 fully saturated rings. The zero-order valence-corrected chi connectivity index (χ0v) is 13.6. The molecule has 0 saturated carbocycles. The fraction of sp³-hybridized carbons (Fsp3) is 0.467. The second-order valence-corrected chi connectivity index (χ2v) is 6.96. The number of nitrogens with zero attached hydrogens (tertiary/aromatic N) is 1. The van der Waals surface area contributed by atoms with E-state index >= 15 is 0 Å². The number of amides is 1. The molecular weight excluding hydrogens is 313 g/mol. The van der Waals surface area contributed by atoms with E-state index < -0.39 is 23.5 Å². The normalized spacial score (nSPS) is 22.7. The summed E-state index contributed by atoms with van der Waals surface area (Å²) in [6.07, 6.45) is -0.0277. The van der Waals surface area contributed by atoms with Crippen LogP contribution in [-0.2, 0) is 9.59 Å². The van der Waals surface area contributed by atoms with Crippen LogP contribution in [-0.4, -0.2) is 27.4 Å². The van der Waals surface area contributed by atoms with E-state index in [0.717, 1.165) is 0 Å². The van der Waals surface area contributed by atoms with Crippen LogP contribution < -0.4 is 0 Å². The molecule has 1 aliphatic heterocycles. The highest BCUT2D eigenvalue weighted by atomic mass is 35.5. The largest absolute Gasteiger partial charge is 0.481 e. The molecule has 2 atom stereocenters. The van der Waals surface area contributed by atoms with Crippen LogP contribution in [0.1, 0.15) is 38.8 Å². The van der Waals surface area contributed by atoms with Crippen LogP contribution in [0.2, 0.25) is 10.0 Å². The molecule has 2 unspecified atom stereocenters. The summed E-state index contributed by atoms with van der Waals surface area (Å²) >= 11 is 12.3. The number of carboxylic acid groups (broad SMARTS) is 1. The fourth-order valence-corrected chi connectivity index (χ4v) is 3.27. The number of aliphatic carboxylic acids is 1. The number of likely N-dealkylation sites (tertiary alicyclic amines) is 1. The molecule has 2 rings (SSSR count). The maximum Gasteiger partial charge on any atom is 0.309 e. The molecule has 0 aromatic heterocycles. The van der Waals surface area contributed by atoms with Crippen LogP contribution in [0, 0.1) is 5.92 Å². The summed E-state index contributed by atoms with van der Waals surface area (Å²) in [4.78, 5) is 25.4. The molecule has 1 aliphatic rings. The maximum atomic E-state index is 12.3. The Morgan fingerprint density at radius 3 is 2.48 bits per heavy atom. The van der Waals surface area contributed by atoms with Gasteiger partial charge in [-0.25, -0.2) is 0 Å². The van der Waals surface area contributed by atoms with Gasteiger partial charge in [0.1, 0.15) is 0 Å². The molecule has 1 aromatic carbocycles.